The van der Waals surface area contributed by atoms with Crippen LogP contribution in [-0.2, 0) is 20.0 Å². The van der Waals surface area contributed by atoms with E-state index in [1.807, 2.05) is 6.07 Å². The molecular formula is C16H18N2O4S2. The van der Waals surface area contributed by atoms with E-state index in [1.165, 1.54) is 18.2 Å². The molecule has 0 unspecified atom stereocenters. The normalized spacial score (nSPS) is 12.5. The third kappa shape index (κ3) is 4.67. The molecule has 0 heterocycles. The molecule has 2 aromatic rings. The average molecular weight is 366 g/mol. The molecule has 0 saturated carbocycles. The van der Waals surface area contributed by atoms with Crippen LogP contribution in [0.5, 0.6) is 0 Å². The maximum Gasteiger partial charge on any atom is 0.255 e. The molecule has 6 nitrogen and oxygen atoms in total. The van der Waals surface area contributed by atoms with E-state index in [0.29, 0.717) is 11.1 Å². The number of aryl methyl sites for hydroxylation is 1. The van der Waals surface area contributed by atoms with Crippen LogP contribution in [0.2, 0.25) is 0 Å². The number of nitrogens with two attached hydrogens (primary N) is 1. The molecule has 2 aromatic carbocycles. The molecule has 3 N–H and O–H groups in total. The molecule has 24 heavy (non-hydrogen) atoms. The molecule has 0 aliphatic carbocycles. The first kappa shape index (κ1) is 18.2. The van der Waals surface area contributed by atoms with Crippen LogP contribution in [0.15, 0.2) is 52.8 Å². The monoisotopic (exact) mass is 366 g/mol. The van der Waals surface area contributed by atoms with Crippen LogP contribution in [0.3, 0.4) is 0 Å². The third-order valence-electron chi connectivity index (χ3n) is 3.46. The van der Waals surface area contributed by atoms with Gasteiger partial charge in [0.25, 0.3) is 10.0 Å². The van der Waals surface area contributed by atoms with E-state index in [0.717, 1.165) is 11.0 Å². The maximum absolute atomic E-state index is 12.2. The fourth-order valence-corrected chi connectivity index (χ4v) is 3.56. The lowest BCUT2D eigenvalue weighted by molar-refractivity contribution is 0.597. The highest BCUT2D eigenvalue weighted by molar-refractivity contribution is 7.95. The number of hydrogen-bond donors (Lipinski definition) is 2. The quantitative estimate of drug-likeness (QED) is 0.847. The second kappa shape index (κ2) is 6.76. The van der Waals surface area contributed by atoms with Crippen LogP contribution < -0.4 is 9.86 Å². The van der Waals surface area contributed by atoms with Crippen molar-refractivity contribution in [2.24, 2.45) is 5.14 Å². The molecule has 0 aromatic heterocycles. The lowest BCUT2D eigenvalue weighted by Crippen LogP contribution is -2.15. The summed E-state index contributed by atoms with van der Waals surface area (Å²) in [6.07, 6.45) is 1.45. The minimum absolute atomic E-state index is 0.143. The lowest BCUT2D eigenvalue weighted by atomic mass is 10.1. The van der Waals surface area contributed by atoms with Crippen LogP contribution in [-0.4, -0.2) is 16.8 Å². The van der Waals surface area contributed by atoms with Crippen molar-refractivity contribution in [1.82, 2.24) is 0 Å². The summed E-state index contributed by atoms with van der Waals surface area (Å²) in [6.45, 7) is 3.38. The zero-order chi connectivity index (χ0) is 18.0. The van der Waals surface area contributed by atoms with Gasteiger partial charge in [0.1, 0.15) is 0 Å². The van der Waals surface area contributed by atoms with Crippen molar-refractivity contribution in [3.05, 3.63) is 64.6 Å². The fourth-order valence-electron chi connectivity index (χ4n) is 2.02. The Morgan fingerprint density at radius 3 is 2.21 bits per heavy atom. The predicted octanol–water partition coefficient (Wildman–Crippen LogP) is 2.36. The summed E-state index contributed by atoms with van der Waals surface area (Å²) in [6, 6.07) is 11.6. The largest absolute Gasteiger partial charge is 0.280 e. The Labute approximate surface area is 142 Å². The van der Waals surface area contributed by atoms with E-state index < -0.39 is 20.0 Å². The van der Waals surface area contributed by atoms with Gasteiger partial charge in [-0.15, -0.1) is 0 Å². The summed E-state index contributed by atoms with van der Waals surface area (Å²) in [4.78, 5) is -0.143. The van der Waals surface area contributed by atoms with Crippen LogP contribution >= 0.6 is 0 Å². The van der Waals surface area contributed by atoms with Gasteiger partial charge in [-0.2, -0.15) is 0 Å². The molecular weight excluding hydrogens is 348 g/mol. The van der Waals surface area contributed by atoms with E-state index in [4.69, 9.17) is 5.14 Å². The Morgan fingerprint density at radius 1 is 1.00 bits per heavy atom. The maximum atomic E-state index is 12.2. The smallest absolute Gasteiger partial charge is 0.255 e. The van der Waals surface area contributed by atoms with Gasteiger partial charge < -0.3 is 0 Å². The van der Waals surface area contributed by atoms with Crippen molar-refractivity contribution in [1.29, 1.82) is 0 Å². The van der Waals surface area contributed by atoms with Gasteiger partial charge in [-0.3, -0.25) is 4.72 Å². The van der Waals surface area contributed by atoms with Crippen molar-refractivity contribution < 1.29 is 16.8 Å². The lowest BCUT2D eigenvalue weighted by Gasteiger charge is -2.12. The zero-order valence-corrected chi connectivity index (χ0v) is 14.9. The van der Waals surface area contributed by atoms with Gasteiger partial charge in [0.15, 0.2) is 0 Å². The second-order valence-electron chi connectivity index (χ2n) is 5.32. The van der Waals surface area contributed by atoms with Crippen molar-refractivity contribution in [3.63, 3.8) is 0 Å². The molecule has 0 spiro atoms. The Kier molecular flexibility index (Phi) is 5.12. The Morgan fingerprint density at radius 2 is 1.62 bits per heavy atom. The molecule has 128 valence electrons. The van der Waals surface area contributed by atoms with Gasteiger partial charge in [-0.25, -0.2) is 22.0 Å². The van der Waals surface area contributed by atoms with E-state index in [2.05, 4.69) is 4.72 Å². The molecule has 0 aliphatic rings. The van der Waals surface area contributed by atoms with Gasteiger partial charge in [-0.05, 0) is 48.7 Å². The average Bonchev–Trinajstić information content (AvgIpc) is 2.49. The number of benzene rings is 2. The summed E-state index contributed by atoms with van der Waals surface area (Å²) in [7, 11) is -7.73. The summed E-state index contributed by atoms with van der Waals surface area (Å²) < 4.78 is 49.8. The number of hydrogen-bond acceptors (Lipinski definition) is 4. The first-order valence-electron chi connectivity index (χ1n) is 6.98. The first-order valence-corrected chi connectivity index (χ1v) is 10.1. The van der Waals surface area contributed by atoms with E-state index in [1.54, 1.807) is 38.1 Å². The number of anilines is 1. The zero-order valence-electron chi connectivity index (χ0n) is 13.2. The Bertz CT molecular complexity index is 980. The molecule has 0 fully saturated rings. The summed E-state index contributed by atoms with van der Waals surface area (Å²) in [5.74, 6) is 0. The van der Waals surface area contributed by atoms with E-state index in [-0.39, 0.29) is 10.6 Å². The summed E-state index contributed by atoms with van der Waals surface area (Å²) >= 11 is 0. The molecule has 0 bridgehead atoms. The molecule has 0 atom stereocenters. The SMILES string of the molecule is Cc1cc(S(N)(=O)=O)cc(NS(=O)(=O)/C=C/c2ccccc2)c1C. The van der Waals surface area contributed by atoms with Gasteiger partial charge in [0.05, 0.1) is 16.0 Å². The number of rotatable bonds is 5. The summed E-state index contributed by atoms with van der Waals surface area (Å²) in [5, 5.41) is 6.15. The molecule has 0 amide bonds. The van der Waals surface area contributed by atoms with Gasteiger partial charge in [-0.1, -0.05) is 30.3 Å². The van der Waals surface area contributed by atoms with Crippen LogP contribution in [0.4, 0.5) is 5.69 Å². The van der Waals surface area contributed by atoms with Gasteiger partial charge in [0, 0.05) is 0 Å². The molecule has 8 heteroatoms. The Hall–Kier alpha value is -2.16. The van der Waals surface area contributed by atoms with E-state index in [9.17, 15) is 16.8 Å². The van der Waals surface area contributed by atoms with Crippen LogP contribution in [0, 0.1) is 13.8 Å². The number of nitrogens with one attached hydrogen (secondary N) is 1. The first-order chi connectivity index (χ1) is 11.1. The van der Waals surface area contributed by atoms with Crippen molar-refractivity contribution in [2.75, 3.05) is 4.72 Å². The van der Waals surface area contributed by atoms with Crippen molar-refractivity contribution >= 4 is 31.8 Å². The topological polar surface area (TPSA) is 106 Å². The highest BCUT2D eigenvalue weighted by atomic mass is 32.2. The Balaban J connectivity index is 2.36. The fraction of sp³-hybridized carbons (Fsp3) is 0.125. The van der Waals surface area contributed by atoms with Crippen molar-refractivity contribution in [3.8, 4) is 0 Å². The molecule has 2 rings (SSSR count). The van der Waals surface area contributed by atoms with Gasteiger partial charge in [0.2, 0.25) is 10.0 Å². The predicted molar refractivity (Wildman–Crippen MR) is 95.3 cm³/mol. The minimum atomic E-state index is -3.93. The standard InChI is InChI=1S/C16H18N2O4S2/c1-12-10-15(24(17,21)22)11-16(13(12)2)18-23(19,20)9-8-14-6-4-3-5-7-14/h3-11,18H,1-2H3,(H2,17,21,22)/b9-8+. The third-order valence-corrected chi connectivity index (χ3v) is 5.35. The van der Waals surface area contributed by atoms with Crippen LogP contribution in [0.1, 0.15) is 16.7 Å². The minimum Gasteiger partial charge on any atom is -0.280 e. The highest BCUT2D eigenvalue weighted by Gasteiger charge is 2.15. The van der Waals surface area contributed by atoms with Crippen LogP contribution in [0.25, 0.3) is 6.08 Å². The molecule has 0 saturated heterocycles. The van der Waals surface area contributed by atoms with Gasteiger partial charge >= 0.3 is 0 Å². The molecule has 0 aliphatic heterocycles. The molecule has 0 radical (unpaired) electrons. The number of primary sulfonamides is 1. The second-order valence-corrected chi connectivity index (χ2v) is 8.45. The number of sulfonamides is 2. The summed E-state index contributed by atoms with van der Waals surface area (Å²) in [5.41, 5.74) is 2.15. The van der Waals surface area contributed by atoms with E-state index >= 15 is 0 Å². The van der Waals surface area contributed by atoms with Crippen molar-refractivity contribution in [2.45, 2.75) is 18.7 Å². The highest BCUT2D eigenvalue weighted by Crippen LogP contribution is 2.24.